The molecular weight excluding hydrogens is 376 g/mol. The smallest absolute Gasteiger partial charge is 0.0900 e. The maximum absolute atomic E-state index is 3.65. The normalized spacial score (nSPS) is 11.7. The monoisotopic (exact) mass is 401 g/mol. The zero-order valence-corrected chi connectivity index (χ0v) is 16.9. The van der Waals surface area contributed by atoms with Gasteiger partial charge in [-0.2, -0.15) is 0 Å². The maximum atomic E-state index is 3.65. The fourth-order valence-corrected chi connectivity index (χ4v) is 5.00. The van der Waals surface area contributed by atoms with E-state index in [4.69, 9.17) is 0 Å². The van der Waals surface area contributed by atoms with Crippen molar-refractivity contribution in [3.05, 3.63) is 42.7 Å². The van der Waals surface area contributed by atoms with Crippen LogP contribution in [0.15, 0.2) is 27.4 Å². The van der Waals surface area contributed by atoms with Gasteiger partial charge in [0.2, 0.25) is 0 Å². The summed E-state index contributed by atoms with van der Waals surface area (Å²) in [7, 11) is 0. The number of likely N-dealkylation sites (N-methyl/N-ethyl adjacent to an activating group) is 1. The minimum atomic E-state index is 1.05. The largest absolute Gasteiger partial charge is 0.334 e. The summed E-state index contributed by atoms with van der Waals surface area (Å²) in [6, 6.07) is 6.72. The third kappa shape index (κ3) is 5.46. The minimum absolute atomic E-state index is 1.05. The highest BCUT2D eigenvalue weighted by Gasteiger charge is 2.13. The fraction of sp³-hybridized carbons (Fsp3) is 0.529. The number of thiophene rings is 2. The Kier molecular flexibility index (Phi) is 7.57. The van der Waals surface area contributed by atoms with E-state index in [2.05, 4.69) is 65.2 Å². The molecule has 0 bridgehead atoms. The summed E-state index contributed by atoms with van der Waals surface area (Å²) in [5, 5.41) is 2.18. The molecule has 2 heterocycles. The summed E-state index contributed by atoms with van der Waals surface area (Å²) >= 11 is 7.38. The number of hydrogen-bond acceptors (Lipinski definition) is 3. The number of hydrogen-bond donors (Lipinski definition) is 1. The Hall–Kier alpha value is -0.200. The topological polar surface area (TPSA) is 7.68 Å². The SMILES string of the molecule is CC[NH+](CC)CCN(Cc1cccs1)Cc1cc(C)c(Br)s1. The van der Waals surface area contributed by atoms with Gasteiger partial charge in [0, 0.05) is 29.4 Å². The average Bonchev–Trinajstić information content (AvgIpc) is 3.10. The molecule has 0 saturated heterocycles. The average molecular weight is 402 g/mol. The van der Waals surface area contributed by atoms with Gasteiger partial charge in [0.05, 0.1) is 23.4 Å². The van der Waals surface area contributed by atoms with Crippen molar-refractivity contribution in [3.63, 3.8) is 0 Å². The molecule has 2 aromatic heterocycles. The molecule has 5 heteroatoms. The van der Waals surface area contributed by atoms with E-state index in [1.165, 1.54) is 38.7 Å². The number of aryl methyl sites for hydroxylation is 1. The van der Waals surface area contributed by atoms with Gasteiger partial charge >= 0.3 is 0 Å². The molecule has 0 aliphatic rings. The lowest BCUT2D eigenvalue weighted by Crippen LogP contribution is -3.12. The minimum Gasteiger partial charge on any atom is -0.334 e. The molecule has 0 amide bonds. The molecule has 2 rings (SSSR count). The predicted molar refractivity (Wildman–Crippen MR) is 102 cm³/mol. The Morgan fingerprint density at radius 1 is 1.18 bits per heavy atom. The maximum Gasteiger partial charge on any atom is 0.0900 e. The van der Waals surface area contributed by atoms with Crippen molar-refractivity contribution in [3.8, 4) is 0 Å². The van der Waals surface area contributed by atoms with Crippen molar-refractivity contribution in [2.75, 3.05) is 26.2 Å². The first-order chi connectivity index (χ1) is 10.6. The van der Waals surface area contributed by atoms with E-state index in [9.17, 15) is 0 Å². The highest BCUT2D eigenvalue weighted by molar-refractivity contribution is 9.11. The lowest BCUT2D eigenvalue weighted by Gasteiger charge is -2.24. The number of nitrogens with zero attached hydrogens (tertiary/aromatic N) is 1. The van der Waals surface area contributed by atoms with Crippen LogP contribution in [0.25, 0.3) is 0 Å². The van der Waals surface area contributed by atoms with Crippen molar-refractivity contribution in [2.45, 2.75) is 33.9 Å². The van der Waals surface area contributed by atoms with E-state index < -0.39 is 0 Å². The van der Waals surface area contributed by atoms with Crippen molar-refractivity contribution >= 4 is 38.6 Å². The summed E-state index contributed by atoms with van der Waals surface area (Å²) in [5.74, 6) is 0. The molecule has 1 N–H and O–H groups in total. The van der Waals surface area contributed by atoms with Crippen LogP contribution in [0.5, 0.6) is 0 Å². The van der Waals surface area contributed by atoms with Crippen LogP contribution in [0.3, 0.4) is 0 Å². The second-order valence-corrected chi connectivity index (χ2v) is 9.15. The number of nitrogens with one attached hydrogen (secondary N) is 1. The van der Waals surface area contributed by atoms with E-state index in [0.717, 1.165) is 19.6 Å². The summed E-state index contributed by atoms with van der Waals surface area (Å²) in [6.45, 7) is 13.7. The zero-order chi connectivity index (χ0) is 15.9. The molecular formula is C17H26BrN2S2+. The van der Waals surface area contributed by atoms with Crippen molar-refractivity contribution < 1.29 is 4.90 Å². The van der Waals surface area contributed by atoms with Crippen LogP contribution in [0, 0.1) is 6.92 Å². The van der Waals surface area contributed by atoms with E-state index in [0.29, 0.717) is 0 Å². The Labute approximate surface area is 150 Å². The first kappa shape index (κ1) is 18.1. The van der Waals surface area contributed by atoms with E-state index in [1.807, 2.05) is 22.7 Å². The first-order valence-electron chi connectivity index (χ1n) is 7.95. The van der Waals surface area contributed by atoms with Gasteiger partial charge in [-0.15, -0.1) is 22.7 Å². The van der Waals surface area contributed by atoms with Crippen LogP contribution < -0.4 is 4.90 Å². The number of quaternary nitrogens is 1. The summed E-state index contributed by atoms with van der Waals surface area (Å²) in [4.78, 5) is 7.19. The summed E-state index contributed by atoms with van der Waals surface area (Å²) in [6.07, 6.45) is 0. The van der Waals surface area contributed by atoms with Crippen LogP contribution >= 0.6 is 38.6 Å². The van der Waals surface area contributed by atoms with Gasteiger partial charge in [0.1, 0.15) is 0 Å². The van der Waals surface area contributed by atoms with Crippen molar-refractivity contribution in [1.29, 1.82) is 0 Å². The second-order valence-electron chi connectivity index (χ2n) is 5.67. The van der Waals surface area contributed by atoms with Gasteiger partial charge in [0.25, 0.3) is 0 Å². The van der Waals surface area contributed by atoms with Gasteiger partial charge < -0.3 is 4.90 Å². The molecule has 0 saturated carbocycles. The van der Waals surface area contributed by atoms with Crippen molar-refractivity contribution in [2.24, 2.45) is 0 Å². The molecule has 0 aromatic carbocycles. The molecule has 0 unspecified atom stereocenters. The number of rotatable bonds is 9. The second kappa shape index (κ2) is 9.18. The fourth-order valence-electron chi connectivity index (χ4n) is 2.58. The lowest BCUT2D eigenvalue weighted by molar-refractivity contribution is -0.895. The number of halogens is 1. The standard InChI is InChI=1S/C17H25BrN2S2/c1-4-19(5-2)8-9-20(12-15-7-6-10-21-15)13-16-11-14(3)17(18)22-16/h6-7,10-11H,4-5,8-9,12-13H2,1-3H3/p+1. The molecule has 0 fully saturated rings. The lowest BCUT2D eigenvalue weighted by atomic mass is 10.3. The molecule has 122 valence electrons. The van der Waals surface area contributed by atoms with Crippen LogP contribution in [0.4, 0.5) is 0 Å². The van der Waals surface area contributed by atoms with E-state index >= 15 is 0 Å². The van der Waals surface area contributed by atoms with Gasteiger partial charge in [-0.05, 0) is 59.8 Å². The van der Waals surface area contributed by atoms with Gasteiger partial charge in [-0.25, -0.2) is 0 Å². The highest BCUT2D eigenvalue weighted by Crippen LogP contribution is 2.28. The van der Waals surface area contributed by atoms with E-state index in [-0.39, 0.29) is 0 Å². The Morgan fingerprint density at radius 2 is 1.91 bits per heavy atom. The van der Waals surface area contributed by atoms with Crippen LogP contribution in [-0.4, -0.2) is 31.1 Å². The zero-order valence-electron chi connectivity index (χ0n) is 13.7. The molecule has 0 spiro atoms. The molecule has 0 aliphatic heterocycles. The summed E-state index contributed by atoms with van der Waals surface area (Å²) < 4.78 is 1.27. The summed E-state index contributed by atoms with van der Waals surface area (Å²) in [5.41, 5.74) is 1.35. The van der Waals surface area contributed by atoms with Crippen LogP contribution in [0.1, 0.15) is 29.2 Å². The van der Waals surface area contributed by atoms with E-state index in [1.54, 1.807) is 4.90 Å². The molecule has 2 nitrogen and oxygen atoms in total. The molecule has 2 aromatic rings. The molecule has 0 aliphatic carbocycles. The molecule has 22 heavy (non-hydrogen) atoms. The van der Waals surface area contributed by atoms with Crippen LogP contribution in [-0.2, 0) is 13.1 Å². The quantitative estimate of drug-likeness (QED) is 0.670. The Balaban J connectivity index is 2.00. The molecule has 0 atom stereocenters. The highest BCUT2D eigenvalue weighted by atomic mass is 79.9. The third-order valence-electron chi connectivity index (χ3n) is 4.03. The first-order valence-corrected chi connectivity index (χ1v) is 10.4. The van der Waals surface area contributed by atoms with Gasteiger partial charge in [-0.1, -0.05) is 6.07 Å². The van der Waals surface area contributed by atoms with Gasteiger partial charge in [0.15, 0.2) is 0 Å². The molecule has 0 radical (unpaired) electrons. The van der Waals surface area contributed by atoms with Gasteiger partial charge in [-0.3, -0.25) is 4.90 Å². The Morgan fingerprint density at radius 3 is 2.45 bits per heavy atom. The third-order valence-corrected chi connectivity index (χ3v) is 7.01. The van der Waals surface area contributed by atoms with Crippen molar-refractivity contribution in [1.82, 2.24) is 4.90 Å². The Bertz CT molecular complexity index is 528. The van der Waals surface area contributed by atoms with Crippen LogP contribution in [0.2, 0.25) is 0 Å². The predicted octanol–water partition coefficient (Wildman–Crippen LogP) is 3.81.